The van der Waals surface area contributed by atoms with Crippen molar-refractivity contribution in [2.24, 2.45) is 0 Å². The maximum Gasteiger partial charge on any atom is 0.264 e. The summed E-state index contributed by atoms with van der Waals surface area (Å²) in [5.74, 6) is -0.195. The topological polar surface area (TPSA) is 89.7 Å². The number of unbranched alkanes of at least 4 members (excludes halogenated alkanes) is 1. The van der Waals surface area contributed by atoms with Crippen molar-refractivity contribution in [1.82, 2.24) is 5.32 Å². The van der Waals surface area contributed by atoms with E-state index in [2.05, 4.69) is 157 Å². The van der Waals surface area contributed by atoms with Gasteiger partial charge in [-0.2, -0.15) is 13.0 Å². The Kier molecular flexibility index (Phi) is 10.5. The molecule has 5 rings (SSSR count). The van der Waals surface area contributed by atoms with E-state index in [1.807, 2.05) is 0 Å². The number of rotatable bonds is 12. The molecule has 1 amide bonds. The fourth-order valence-corrected chi connectivity index (χ4v) is 7.95. The summed E-state index contributed by atoms with van der Waals surface area (Å²) in [7, 11) is -3.99. The predicted molar refractivity (Wildman–Crippen MR) is 202 cm³/mol. The number of anilines is 1. The summed E-state index contributed by atoms with van der Waals surface area (Å²) < 4.78 is 34.7. The number of nitrogens with one attached hydrogen (secondary N) is 1. The van der Waals surface area contributed by atoms with Gasteiger partial charge in [0.1, 0.15) is 6.54 Å². The average molecular weight is 767 g/mol. The third-order valence-electron chi connectivity index (χ3n) is 9.40. The lowest BCUT2D eigenvalue weighted by Gasteiger charge is -2.25. The number of benzene rings is 3. The second-order valence-electron chi connectivity index (χ2n) is 13.3. The summed E-state index contributed by atoms with van der Waals surface area (Å²) in [6.07, 6.45) is 11.7. The van der Waals surface area contributed by atoms with Crippen LogP contribution in [0.2, 0.25) is 0 Å². The van der Waals surface area contributed by atoms with Crippen molar-refractivity contribution in [1.29, 1.82) is 0 Å². The van der Waals surface area contributed by atoms with Crippen molar-refractivity contribution in [3.8, 4) is 0 Å². The van der Waals surface area contributed by atoms with Gasteiger partial charge in [0.05, 0.1) is 15.6 Å². The van der Waals surface area contributed by atoms with Crippen LogP contribution in [0.15, 0.2) is 90.7 Å². The molecule has 0 atom stereocenters. The molecule has 47 heavy (non-hydrogen) atoms. The molecule has 7 nitrogen and oxygen atoms in total. The molecule has 9 heteroatoms. The Morgan fingerprint density at radius 3 is 2.49 bits per heavy atom. The van der Waals surface area contributed by atoms with Crippen LogP contribution in [0.1, 0.15) is 64.2 Å². The summed E-state index contributed by atoms with van der Waals surface area (Å²) in [6.45, 7) is 13.2. The van der Waals surface area contributed by atoms with Crippen molar-refractivity contribution in [2.75, 3.05) is 28.2 Å². The number of carbonyl (C=O) groups is 1. The summed E-state index contributed by atoms with van der Waals surface area (Å²) in [4.78, 5) is 14.2. The van der Waals surface area contributed by atoms with E-state index in [1.54, 1.807) is 0 Å². The zero-order valence-corrected chi connectivity index (χ0v) is 30.9. The van der Waals surface area contributed by atoms with Crippen molar-refractivity contribution in [2.45, 2.75) is 64.8 Å². The van der Waals surface area contributed by atoms with Crippen molar-refractivity contribution in [3.05, 3.63) is 107 Å². The van der Waals surface area contributed by atoms with Crippen LogP contribution in [-0.2, 0) is 32.3 Å². The maximum absolute atomic E-state index is 11.8. The zero-order chi connectivity index (χ0) is 34.0. The summed E-state index contributed by atoms with van der Waals surface area (Å²) in [5.41, 5.74) is 7.87. The van der Waals surface area contributed by atoms with Crippen LogP contribution in [0, 0.1) is 0 Å². The average Bonchev–Trinajstić information content (AvgIpc) is 3.39. The minimum atomic E-state index is -3.99. The molecule has 2 N–H and O–H groups in total. The standard InChI is InChI=1S/C38H44IN3O4S/c1-6-41-31-20-18-27(26-40-35(43)25-39)24-30(31)37(2,3)33(41)16-8-7-9-17-34-38(4,5)36-29-15-11-10-14-28(29)19-21-32(36)42(34)22-12-13-23-47(44,45)46/h7-11,14-21,24H,6,12-13,22-23,25-26H2,1-5H3,(H-,40,43,44,45,46)/p+1. The van der Waals surface area contributed by atoms with Crippen LogP contribution in [0.5, 0.6) is 0 Å². The number of carbonyl (C=O) groups excluding carboxylic acids is 1. The van der Waals surface area contributed by atoms with Gasteiger partial charge in [-0.05, 0) is 67.3 Å². The van der Waals surface area contributed by atoms with Gasteiger partial charge in [-0.25, -0.2) is 0 Å². The van der Waals surface area contributed by atoms with Gasteiger partial charge in [0, 0.05) is 54.0 Å². The van der Waals surface area contributed by atoms with Crippen LogP contribution >= 0.6 is 22.6 Å². The predicted octanol–water partition coefficient (Wildman–Crippen LogP) is 7.75. The molecule has 0 radical (unpaired) electrons. The molecule has 0 unspecified atom stereocenters. The number of hydrogen-bond donors (Lipinski definition) is 2. The van der Waals surface area contributed by atoms with E-state index in [1.165, 1.54) is 33.3 Å². The first kappa shape index (κ1) is 35.0. The van der Waals surface area contributed by atoms with Crippen LogP contribution < -0.4 is 10.2 Å². The van der Waals surface area contributed by atoms with Gasteiger partial charge in [0.25, 0.3) is 10.1 Å². The van der Waals surface area contributed by atoms with Gasteiger partial charge in [0.15, 0.2) is 5.71 Å². The van der Waals surface area contributed by atoms with E-state index in [-0.39, 0.29) is 22.5 Å². The number of fused-ring (bicyclic) bond motifs is 4. The molecular formula is C38H45IN3O4S+. The SMILES string of the molecule is CCN1/C(=C/C=C/C=C/C2=[N+](CCCCS(=O)(=O)O)c3ccc4ccccc4c3C2(C)C)C(C)(C)c2cc(CNC(=O)CI)ccc21. The zero-order valence-electron chi connectivity index (χ0n) is 27.9. The van der Waals surface area contributed by atoms with E-state index in [4.69, 9.17) is 0 Å². The molecular weight excluding hydrogens is 721 g/mol. The minimum absolute atomic E-state index is 0.0379. The third-order valence-corrected chi connectivity index (χ3v) is 10.9. The third kappa shape index (κ3) is 7.27. The number of hydrogen-bond acceptors (Lipinski definition) is 4. The maximum atomic E-state index is 11.8. The molecule has 2 heterocycles. The Bertz CT molecular complexity index is 1920. The molecule has 3 aromatic rings. The molecule has 0 aromatic heterocycles. The number of alkyl halides is 1. The fraction of sp³-hybridized carbons (Fsp3) is 0.368. The largest absolute Gasteiger partial charge is 0.351 e. The van der Waals surface area contributed by atoms with Crippen molar-refractivity contribution >= 4 is 66.5 Å². The Labute approximate surface area is 293 Å². The highest BCUT2D eigenvalue weighted by Gasteiger charge is 2.45. The number of likely N-dealkylation sites (N-methyl/N-ethyl adjacent to an activating group) is 1. The van der Waals surface area contributed by atoms with Gasteiger partial charge >= 0.3 is 0 Å². The van der Waals surface area contributed by atoms with E-state index in [9.17, 15) is 17.8 Å². The first-order valence-corrected chi connectivity index (χ1v) is 19.3. The van der Waals surface area contributed by atoms with E-state index >= 15 is 0 Å². The number of nitrogens with zero attached hydrogens (tertiary/aromatic N) is 2. The highest BCUT2D eigenvalue weighted by Crippen LogP contribution is 2.48. The summed E-state index contributed by atoms with van der Waals surface area (Å²) >= 11 is 2.08. The Morgan fingerprint density at radius 2 is 1.77 bits per heavy atom. The molecule has 0 aliphatic carbocycles. The Hall–Kier alpha value is -3.28. The van der Waals surface area contributed by atoms with Gasteiger partial charge in [0.2, 0.25) is 11.6 Å². The molecule has 2 aliphatic heterocycles. The fourth-order valence-electron chi connectivity index (χ4n) is 7.11. The Morgan fingerprint density at radius 1 is 1.00 bits per heavy atom. The van der Waals surface area contributed by atoms with Gasteiger partial charge < -0.3 is 10.2 Å². The minimum Gasteiger partial charge on any atom is -0.351 e. The van der Waals surface area contributed by atoms with Gasteiger partial charge in [-0.15, -0.1) is 0 Å². The Balaban J connectivity index is 1.42. The summed E-state index contributed by atoms with van der Waals surface area (Å²) in [6, 6.07) is 19.3. The van der Waals surface area contributed by atoms with Crippen LogP contribution in [-0.4, -0.2) is 52.4 Å². The summed E-state index contributed by atoms with van der Waals surface area (Å²) in [5, 5.41) is 5.40. The van der Waals surface area contributed by atoms with Crippen molar-refractivity contribution in [3.63, 3.8) is 0 Å². The molecule has 0 bridgehead atoms. The lowest BCUT2D eigenvalue weighted by Crippen LogP contribution is -2.28. The number of allylic oxidation sites excluding steroid dienone is 6. The van der Waals surface area contributed by atoms with Gasteiger partial charge in [-0.1, -0.05) is 91.1 Å². The lowest BCUT2D eigenvalue weighted by atomic mass is 9.79. The second-order valence-corrected chi connectivity index (χ2v) is 15.6. The van der Waals surface area contributed by atoms with E-state index in [0.717, 1.165) is 23.5 Å². The highest BCUT2D eigenvalue weighted by atomic mass is 127. The lowest BCUT2D eigenvalue weighted by molar-refractivity contribution is -0.438. The quantitative estimate of drug-likeness (QED) is 0.0492. The second kappa shape index (κ2) is 14.1. The monoisotopic (exact) mass is 766 g/mol. The smallest absolute Gasteiger partial charge is 0.264 e. The van der Waals surface area contributed by atoms with Gasteiger partial charge in [-0.3, -0.25) is 9.35 Å². The van der Waals surface area contributed by atoms with E-state index < -0.39 is 10.1 Å². The molecule has 3 aromatic carbocycles. The molecule has 0 saturated carbocycles. The van der Waals surface area contributed by atoms with Crippen molar-refractivity contribution < 1.29 is 22.3 Å². The molecule has 0 saturated heterocycles. The molecule has 0 spiro atoms. The molecule has 0 fully saturated rings. The van der Waals surface area contributed by atoms with Crippen LogP contribution in [0.3, 0.4) is 0 Å². The number of halogens is 1. The van der Waals surface area contributed by atoms with Crippen LogP contribution in [0.25, 0.3) is 10.8 Å². The first-order chi connectivity index (χ1) is 22.3. The first-order valence-electron chi connectivity index (χ1n) is 16.2. The van der Waals surface area contributed by atoms with Crippen LogP contribution in [0.4, 0.5) is 11.4 Å². The molecule has 2 aliphatic rings. The number of amides is 1. The van der Waals surface area contributed by atoms with E-state index in [0.29, 0.717) is 30.4 Å². The molecule has 248 valence electrons. The normalized spacial score (nSPS) is 17.8. The highest BCUT2D eigenvalue weighted by molar-refractivity contribution is 14.1.